The monoisotopic (exact) mass is 275 g/mol. The number of amides is 1. The molecule has 0 radical (unpaired) electrons. The second-order valence-electron chi connectivity index (χ2n) is 4.36. The lowest BCUT2D eigenvalue weighted by molar-refractivity contribution is 0.0312. The molecule has 1 aromatic carbocycles. The summed E-state index contributed by atoms with van der Waals surface area (Å²) in [6, 6.07) is 0.869. The smallest absolute Gasteiger partial charge is 0.257 e. The summed E-state index contributed by atoms with van der Waals surface area (Å²) in [5.41, 5.74) is -1.97. The molecule has 0 aliphatic carbocycles. The zero-order valence-electron chi connectivity index (χ0n) is 10.8. The van der Waals surface area contributed by atoms with Gasteiger partial charge in [-0.3, -0.25) is 4.79 Å². The van der Waals surface area contributed by atoms with E-state index in [0.717, 1.165) is 0 Å². The Labute approximate surface area is 109 Å². The van der Waals surface area contributed by atoms with Crippen molar-refractivity contribution >= 4 is 5.91 Å². The van der Waals surface area contributed by atoms with Crippen LogP contribution in [0.3, 0.4) is 0 Å². The van der Waals surface area contributed by atoms with Crippen molar-refractivity contribution in [1.29, 1.82) is 0 Å². The van der Waals surface area contributed by atoms with Crippen LogP contribution in [-0.4, -0.2) is 23.2 Å². The van der Waals surface area contributed by atoms with Crippen molar-refractivity contribution in [3.63, 3.8) is 0 Å². The van der Waals surface area contributed by atoms with Crippen molar-refractivity contribution < 1.29 is 23.1 Å². The van der Waals surface area contributed by atoms with Gasteiger partial charge in [-0.15, -0.1) is 0 Å². The van der Waals surface area contributed by atoms with Crippen molar-refractivity contribution in [2.24, 2.45) is 0 Å². The third kappa shape index (κ3) is 3.70. The Balaban J connectivity index is 2.85. The van der Waals surface area contributed by atoms with E-state index in [-0.39, 0.29) is 6.54 Å². The molecule has 19 heavy (non-hydrogen) atoms. The average molecular weight is 275 g/mol. The van der Waals surface area contributed by atoms with E-state index < -0.39 is 34.5 Å². The normalized spacial score (nSPS) is 11.5. The molecule has 0 aliphatic heterocycles. The third-order valence-corrected chi connectivity index (χ3v) is 3.13. The van der Waals surface area contributed by atoms with Gasteiger partial charge in [0.15, 0.2) is 0 Å². The van der Waals surface area contributed by atoms with E-state index in [9.17, 15) is 23.1 Å². The van der Waals surface area contributed by atoms with Gasteiger partial charge in [-0.2, -0.15) is 0 Å². The summed E-state index contributed by atoms with van der Waals surface area (Å²) in [5.74, 6) is -4.65. The second kappa shape index (κ2) is 6.06. The molecule has 2 N–H and O–H groups in total. The quantitative estimate of drug-likeness (QED) is 0.866. The summed E-state index contributed by atoms with van der Waals surface area (Å²) < 4.78 is 39.4. The first-order chi connectivity index (χ1) is 8.83. The molecule has 0 heterocycles. The lowest BCUT2D eigenvalue weighted by Gasteiger charge is -2.25. The first kappa shape index (κ1) is 15.5. The number of halogens is 3. The zero-order valence-corrected chi connectivity index (χ0v) is 10.8. The number of hydrogen-bond acceptors (Lipinski definition) is 2. The molecule has 0 atom stereocenters. The van der Waals surface area contributed by atoms with E-state index in [4.69, 9.17) is 0 Å². The van der Waals surface area contributed by atoms with Gasteiger partial charge < -0.3 is 10.4 Å². The number of carbonyl (C=O) groups excluding carboxylic acids is 1. The molecular formula is C13H16F3NO2. The van der Waals surface area contributed by atoms with Gasteiger partial charge in [-0.05, 0) is 12.8 Å². The average Bonchev–Trinajstić information content (AvgIpc) is 2.34. The standard InChI is InChI=1S/C13H16F3NO2/c1-3-13(19,4-2)7-17-12(18)11-9(15)5-8(14)6-10(11)16/h5-6,19H,3-4,7H2,1-2H3,(H,17,18). The van der Waals surface area contributed by atoms with Crippen molar-refractivity contribution in [2.45, 2.75) is 32.3 Å². The molecule has 1 amide bonds. The van der Waals surface area contributed by atoms with Crippen LogP contribution >= 0.6 is 0 Å². The van der Waals surface area contributed by atoms with E-state index in [1.807, 2.05) is 0 Å². The highest BCUT2D eigenvalue weighted by molar-refractivity contribution is 5.94. The van der Waals surface area contributed by atoms with Crippen LogP contribution < -0.4 is 5.32 Å². The number of nitrogens with one attached hydrogen (secondary N) is 1. The molecular weight excluding hydrogens is 259 g/mol. The first-order valence-electron chi connectivity index (χ1n) is 5.98. The van der Waals surface area contributed by atoms with Crippen LogP contribution in [0.2, 0.25) is 0 Å². The lowest BCUT2D eigenvalue weighted by atomic mass is 9.97. The fraction of sp³-hybridized carbons (Fsp3) is 0.462. The number of hydrogen-bond donors (Lipinski definition) is 2. The van der Waals surface area contributed by atoms with Crippen LogP contribution in [0.5, 0.6) is 0 Å². The van der Waals surface area contributed by atoms with Gasteiger partial charge in [0.2, 0.25) is 0 Å². The van der Waals surface area contributed by atoms with E-state index in [2.05, 4.69) is 5.32 Å². The molecule has 1 aromatic rings. The van der Waals surface area contributed by atoms with E-state index in [0.29, 0.717) is 25.0 Å². The minimum absolute atomic E-state index is 0.130. The maximum Gasteiger partial charge on any atom is 0.257 e. The highest BCUT2D eigenvalue weighted by Crippen LogP contribution is 2.16. The number of aliphatic hydroxyl groups is 1. The van der Waals surface area contributed by atoms with Crippen LogP contribution in [0.1, 0.15) is 37.0 Å². The van der Waals surface area contributed by atoms with Crippen molar-refractivity contribution in [2.75, 3.05) is 6.54 Å². The van der Waals surface area contributed by atoms with Crippen LogP contribution in [0.15, 0.2) is 12.1 Å². The number of rotatable bonds is 5. The minimum Gasteiger partial charge on any atom is -0.388 e. The molecule has 0 bridgehead atoms. The maximum atomic E-state index is 13.3. The Morgan fingerprint density at radius 3 is 2.11 bits per heavy atom. The van der Waals surface area contributed by atoms with Crippen LogP contribution in [0, 0.1) is 17.5 Å². The molecule has 0 unspecified atom stereocenters. The van der Waals surface area contributed by atoms with Crippen LogP contribution in [0.25, 0.3) is 0 Å². The summed E-state index contributed by atoms with van der Waals surface area (Å²) in [6.45, 7) is 3.33. The van der Waals surface area contributed by atoms with E-state index in [1.165, 1.54) is 0 Å². The summed E-state index contributed by atoms with van der Waals surface area (Å²) in [5, 5.41) is 12.2. The number of carbonyl (C=O) groups is 1. The van der Waals surface area contributed by atoms with Crippen LogP contribution in [-0.2, 0) is 0 Å². The van der Waals surface area contributed by atoms with Gasteiger partial charge >= 0.3 is 0 Å². The topological polar surface area (TPSA) is 49.3 Å². The van der Waals surface area contributed by atoms with Gasteiger partial charge in [0.25, 0.3) is 5.91 Å². The zero-order chi connectivity index (χ0) is 14.6. The largest absolute Gasteiger partial charge is 0.388 e. The van der Waals surface area contributed by atoms with Gasteiger partial charge in [-0.25, -0.2) is 13.2 Å². The summed E-state index contributed by atoms with van der Waals surface area (Å²) in [4.78, 5) is 11.7. The third-order valence-electron chi connectivity index (χ3n) is 3.13. The Hall–Kier alpha value is -1.56. The molecule has 0 aliphatic rings. The molecule has 0 saturated carbocycles. The highest BCUT2D eigenvalue weighted by atomic mass is 19.1. The van der Waals surface area contributed by atoms with E-state index in [1.54, 1.807) is 13.8 Å². The molecule has 106 valence electrons. The highest BCUT2D eigenvalue weighted by Gasteiger charge is 2.25. The minimum atomic E-state index is -1.27. The lowest BCUT2D eigenvalue weighted by Crippen LogP contribution is -2.42. The second-order valence-corrected chi connectivity index (χ2v) is 4.36. The predicted molar refractivity (Wildman–Crippen MR) is 64.2 cm³/mol. The fourth-order valence-corrected chi connectivity index (χ4v) is 1.59. The maximum absolute atomic E-state index is 13.3. The molecule has 1 rings (SSSR count). The summed E-state index contributed by atoms with van der Waals surface area (Å²) >= 11 is 0. The van der Waals surface area contributed by atoms with Crippen LogP contribution in [0.4, 0.5) is 13.2 Å². The van der Waals surface area contributed by atoms with Gasteiger partial charge in [0.05, 0.1) is 5.60 Å². The Morgan fingerprint density at radius 2 is 1.68 bits per heavy atom. The van der Waals surface area contributed by atoms with Crippen molar-refractivity contribution in [1.82, 2.24) is 5.32 Å². The Morgan fingerprint density at radius 1 is 1.21 bits per heavy atom. The van der Waals surface area contributed by atoms with Gasteiger partial charge in [0, 0.05) is 18.7 Å². The summed E-state index contributed by atoms with van der Waals surface area (Å²) in [6.07, 6.45) is 0.774. The molecule has 0 fully saturated rings. The molecule has 0 spiro atoms. The van der Waals surface area contributed by atoms with Crippen molar-refractivity contribution in [3.8, 4) is 0 Å². The SMILES string of the molecule is CCC(O)(CC)CNC(=O)c1c(F)cc(F)cc1F. The molecule has 0 saturated heterocycles. The summed E-state index contributed by atoms with van der Waals surface area (Å²) in [7, 11) is 0. The predicted octanol–water partition coefficient (Wildman–Crippen LogP) is 2.38. The Bertz CT molecular complexity index is 450. The molecule has 3 nitrogen and oxygen atoms in total. The van der Waals surface area contributed by atoms with Crippen molar-refractivity contribution in [3.05, 3.63) is 35.1 Å². The molecule has 6 heteroatoms. The Kier molecular flexibility index (Phi) is 4.94. The van der Waals surface area contributed by atoms with Gasteiger partial charge in [-0.1, -0.05) is 13.8 Å². The fourth-order valence-electron chi connectivity index (χ4n) is 1.59. The van der Waals surface area contributed by atoms with E-state index >= 15 is 0 Å². The first-order valence-corrected chi connectivity index (χ1v) is 5.98. The molecule has 0 aromatic heterocycles. The van der Waals surface area contributed by atoms with Gasteiger partial charge in [0.1, 0.15) is 23.0 Å². The number of benzene rings is 1.